The van der Waals surface area contributed by atoms with Gasteiger partial charge in [0.2, 0.25) is 0 Å². The molecule has 0 radical (unpaired) electrons. The summed E-state index contributed by atoms with van der Waals surface area (Å²) in [6.45, 7) is 3.37. The van der Waals surface area contributed by atoms with Crippen molar-refractivity contribution in [3.63, 3.8) is 0 Å². The molecule has 3 nitrogen and oxygen atoms in total. The maximum Gasteiger partial charge on any atom is 0.108 e. The van der Waals surface area contributed by atoms with E-state index in [0.29, 0.717) is 25.6 Å². The van der Waals surface area contributed by atoms with Gasteiger partial charge in [-0.15, -0.1) is 11.8 Å². The van der Waals surface area contributed by atoms with Gasteiger partial charge in [-0.05, 0) is 30.2 Å². The first-order chi connectivity index (χ1) is 14.2. The van der Waals surface area contributed by atoms with Gasteiger partial charge >= 0.3 is 0 Å². The second kappa shape index (κ2) is 11.8. The summed E-state index contributed by atoms with van der Waals surface area (Å²) in [6, 6.07) is 28.4. The SMILES string of the molecule is Cc1ccc(SC[C@@H](O)[C@H](COCc2ccccc2)OCc2ccccc2)cc1. The number of aliphatic hydroxyl groups is 1. The molecular weight excluding hydrogens is 380 g/mol. The summed E-state index contributed by atoms with van der Waals surface area (Å²) >= 11 is 1.63. The van der Waals surface area contributed by atoms with E-state index in [0.717, 1.165) is 16.0 Å². The highest BCUT2D eigenvalue weighted by Gasteiger charge is 2.21. The minimum atomic E-state index is -0.624. The first-order valence-corrected chi connectivity index (χ1v) is 10.8. The zero-order chi connectivity index (χ0) is 20.3. The zero-order valence-electron chi connectivity index (χ0n) is 16.7. The van der Waals surface area contributed by atoms with Gasteiger partial charge in [-0.1, -0.05) is 78.4 Å². The Morgan fingerprint density at radius 1 is 0.793 bits per heavy atom. The average molecular weight is 409 g/mol. The fourth-order valence-electron chi connectivity index (χ4n) is 2.84. The number of benzene rings is 3. The molecule has 2 atom stereocenters. The predicted molar refractivity (Wildman–Crippen MR) is 119 cm³/mol. The Balaban J connectivity index is 1.54. The fraction of sp³-hybridized carbons (Fsp3) is 0.280. The molecule has 0 amide bonds. The van der Waals surface area contributed by atoms with Gasteiger partial charge in [0.25, 0.3) is 0 Å². The largest absolute Gasteiger partial charge is 0.389 e. The van der Waals surface area contributed by atoms with E-state index in [-0.39, 0.29) is 0 Å². The molecule has 3 rings (SSSR count). The summed E-state index contributed by atoms with van der Waals surface area (Å²) in [5.41, 5.74) is 3.42. The molecule has 152 valence electrons. The maximum atomic E-state index is 10.8. The van der Waals surface area contributed by atoms with E-state index in [1.807, 2.05) is 60.7 Å². The topological polar surface area (TPSA) is 38.7 Å². The van der Waals surface area contributed by atoms with E-state index in [1.165, 1.54) is 5.56 Å². The van der Waals surface area contributed by atoms with Crippen molar-refractivity contribution in [1.29, 1.82) is 0 Å². The summed E-state index contributed by atoms with van der Waals surface area (Å²) in [4.78, 5) is 1.14. The third kappa shape index (κ3) is 7.67. The molecule has 0 aliphatic carbocycles. The van der Waals surface area contributed by atoms with Crippen molar-refractivity contribution in [2.24, 2.45) is 0 Å². The van der Waals surface area contributed by atoms with Crippen LogP contribution in [0.4, 0.5) is 0 Å². The molecule has 0 aliphatic rings. The number of rotatable bonds is 11. The minimum absolute atomic E-state index is 0.345. The van der Waals surface area contributed by atoms with Crippen LogP contribution >= 0.6 is 11.8 Å². The minimum Gasteiger partial charge on any atom is -0.389 e. The van der Waals surface area contributed by atoms with Gasteiger partial charge in [0.05, 0.1) is 25.9 Å². The second-order valence-electron chi connectivity index (χ2n) is 7.03. The van der Waals surface area contributed by atoms with Gasteiger partial charge < -0.3 is 14.6 Å². The molecule has 4 heteroatoms. The summed E-state index contributed by atoms with van der Waals surface area (Å²) < 4.78 is 11.9. The van der Waals surface area contributed by atoms with Crippen molar-refractivity contribution in [3.05, 3.63) is 102 Å². The van der Waals surface area contributed by atoms with Gasteiger partial charge in [0.1, 0.15) is 6.10 Å². The van der Waals surface area contributed by atoms with Crippen LogP contribution in [0.15, 0.2) is 89.8 Å². The van der Waals surface area contributed by atoms with E-state index < -0.39 is 12.2 Å². The Morgan fingerprint density at radius 2 is 1.38 bits per heavy atom. The Labute approximate surface area is 177 Å². The zero-order valence-corrected chi connectivity index (χ0v) is 17.6. The molecule has 3 aromatic rings. The summed E-state index contributed by atoms with van der Waals surface area (Å²) in [5, 5.41) is 10.8. The standard InChI is InChI=1S/C25H28O3S/c1-20-12-14-23(15-13-20)29-19-24(26)25(28-17-22-10-6-3-7-11-22)18-27-16-21-8-4-2-5-9-21/h2-15,24-26H,16-19H2,1H3/t24-,25+/m1/s1. The predicted octanol–water partition coefficient (Wildman–Crippen LogP) is 5.25. The lowest BCUT2D eigenvalue weighted by atomic mass is 10.2. The lowest BCUT2D eigenvalue weighted by Crippen LogP contribution is -2.35. The average Bonchev–Trinajstić information content (AvgIpc) is 2.77. The Hall–Kier alpha value is -2.11. The highest BCUT2D eigenvalue weighted by Crippen LogP contribution is 2.21. The molecule has 1 N–H and O–H groups in total. The monoisotopic (exact) mass is 408 g/mol. The second-order valence-corrected chi connectivity index (χ2v) is 8.12. The molecule has 3 aromatic carbocycles. The third-order valence-electron chi connectivity index (χ3n) is 4.57. The van der Waals surface area contributed by atoms with Crippen LogP contribution in [0.2, 0.25) is 0 Å². The molecule has 0 bridgehead atoms. The first-order valence-electron chi connectivity index (χ1n) is 9.85. The van der Waals surface area contributed by atoms with Crippen molar-refractivity contribution in [1.82, 2.24) is 0 Å². The number of thioether (sulfide) groups is 1. The summed E-state index contributed by atoms with van der Waals surface area (Å²) in [6.07, 6.45) is -1.02. The summed E-state index contributed by atoms with van der Waals surface area (Å²) in [7, 11) is 0. The van der Waals surface area contributed by atoms with Crippen molar-refractivity contribution in [2.45, 2.75) is 37.2 Å². The Kier molecular flexibility index (Phi) is 8.78. The highest BCUT2D eigenvalue weighted by molar-refractivity contribution is 7.99. The van der Waals surface area contributed by atoms with Gasteiger partial charge in [0.15, 0.2) is 0 Å². The number of hydrogen-bond acceptors (Lipinski definition) is 4. The molecule has 0 unspecified atom stereocenters. The Bertz CT molecular complexity index is 822. The van der Waals surface area contributed by atoms with Crippen LogP contribution < -0.4 is 0 Å². The third-order valence-corrected chi connectivity index (χ3v) is 5.69. The van der Waals surface area contributed by atoms with Crippen molar-refractivity contribution in [3.8, 4) is 0 Å². The smallest absolute Gasteiger partial charge is 0.108 e. The quantitative estimate of drug-likeness (QED) is 0.440. The molecule has 0 aromatic heterocycles. The van der Waals surface area contributed by atoms with Crippen LogP contribution in [0, 0.1) is 6.92 Å². The van der Waals surface area contributed by atoms with Crippen LogP contribution in [0.3, 0.4) is 0 Å². The van der Waals surface area contributed by atoms with Crippen molar-refractivity contribution in [2.75, 3.05) is 12.4 Å². The van der Waals surface area contributed by atoms with Crippen LogP contribution in [-0.2, 0) is 22.7 Å². The van der Waals surface area contributed by atoms with Crippen molar-refractivity contribution < 1.29 is 14.6 Å². The molecule has 0 spiro atoms. The van der Waals surface area contributed by atoms with Gasteiger partial charge in [-0.3, -0.25) is 0 Å². The lowest BCUT2D eigenvalue weighted by molar-refractivity contribution is -0.0819. The lowest BCUT2D eigenvalue weighted by Gasteiger charge is -2.23. The number of aliphatic hydroxyl groups excluding tert-OH is 1. The molecular formula is C25H28O3S. The van der Waals surface area contributed by atoms with Crippen LogP contribution in [0.25, 0.3) is 0 Å². The van der Waals surface area contributed by atoms with Gasteiger partial charge in [-0.2, -0.15) is 0 Å². The maximum absolute atomic E-state index is 10.8. The first kappa shape index (κ1) is 21.6. The van der Waals surface area contributed by atoms with E-state index >= 15 is 0 Å². The van der Waals surface area contributed by atoms with Gasteiger partial charge in [0, 0.05) is 10.6 Å². The summed E-state index contributed by atoms with van der Waals surface area (Å²) in [5.74, 6) is 0.553. The number of aryl methyl sites for hydroxylation is 1. The molecule has 0 fully saturated rings. The molecule has 0 aliphatic heterocycles. The van der Waals surface area contributed by atoms with Gasteiger partial charge in [-0.25, -0.2) is 0 Å². The molecule has 0 heterocycles. The number of hydrogen-bond donors (Lipinski definition) is 1. The van der Waals surface area contributed by atoms with Crippen LogP contribution in [0.1, 0.15) is 16.7 Å². The van der Waals surface area contributed by atoms with Crippen molar-refractivity contribution >= 4 is 11.8 Å². The van der Waals surface area contributed by atoms with E-state index in [9.17, 15) is 5.11 Å². The molecule has 29 heavy (non-hydrogen) atoms. The normalized spacial score (nSPS) is 13.2. The van der Waals surface area contributed by atoms with Crippen LogP contribution in [-0.4, -0.2) is 29.7 Å². The van der Waals surface area contributed by atoms with E-state index in [2.05, 4.69) is 31.2 Å². The van der Waals surface area contributed by atoms with E-state index in [1.54, 1.807) is 11.8 Å². The van der Waals surface area contributed by atoms with Crippen LogP contribution in [0.5, 0.6) is 0 Å². The molecule has 0 saturated carbocycles. The Morgan fingerprint density at radius 3 is 2.00 bits per heavy atom. The molecule has 0 saturated heterocycles. The van der Waals surface area contributed by atoms with E-state index in [4.69, 9.17) is 9.47 Å². The fourth-order valence-corrected chi connectivity index (χ4v) is 3.74. The highest BCUT2D eigenvalue weighted by atomic mass is 32.2. The number of ether oxygens (including phenoxy) is 2.